The van der Waals surface area contributed by atoms with Crippen molar-refractivity contribution < 1.29 is 9.59 Å². The molecule has 0 aromatic rings. The predicted molar refractivity (Wildman–Crippen MR) is 49.1 cm³/mol. The smallest absolute Gasteiger partial charge is 0.222 e. The molecule has 1 rings (SSSR count). The Labute approximate surface area is 78.3 Å². The highest BCUT2D eigenvalue weighted by Crippen LogP contribution is 2.09. The fraction of sp³-hybridized carbons (Fsp3) is 0.778. The summed E-state index contributed by atoms with van der Waals surface area (Å²) in [6, 6.07) is 0.0551. The molecule has 0 aliphatic carbocycles. The van der Waals surface area contributed by atoms with Crippen LogP contribution in [0.5, 0.6) is 0 Å². The second-order valence-electron chi connectivity index (χ2n) is 3.54. The molecule has 1 heterocycles. The number of carbonyl (C=O) groups is 2. The summed E-state index contributed by atoms with van der Waals surface area (Å²) in [5.41, 5.74) is 0. The zero-order valence-corrected chi connectivity index (χ0v) is 8.17. The van der Waals surface area contributed by atoms with E-state index in [1.165, 1.54) is 6.92 Å². The van der Waals surface area contributed by atoms with Crippen molar-refractivity contribution in [1.29, 1.82) is 0 Å². The van der Waals surface area contributed by atoms with Crippen molar-refractivity contribution in [2.75, 3.05) is 13.1 Å². The largest absolute Gasteiger partial charge is 0.352 e. The average molecular weight is 184 g/mol. The molecule has 74 valence electrons. The van der Waals surface area contributed by atoms with Crippen LogP contribution in [0.1, 0.15) is 26.7 Å². The lowest BCUT2D eigenvalue weighted by Crippen LogP contribution is -2.41. The van der Waals surface area contributed by atoms with Crippen molar-refractivity contribution >= 4 is 11.8 Å². The van der Waals surface area contributed by atoms with Gasteiger partial charge in [-0.1, -0.05) is 0 Å². The quantitative estimate of drug-likeness (QED) is 0.678. The molecule has 1 N–H and O–H groups in total. The molecule has 1 aliphatic rings. The number of rotatable bonds is 3. The van der Waals surface area contributed by atoms with Gasteiger partial charge in [-0.05, 0) is 13.3 Å². The van der Waals surface area contributed by atoms with E-state index in [4.69, 9.17) is 0 Å². The normalized spacial score (nSPS) is 18.9. The van der Waals surface area contributed by atoms with Gasteiger partial charge in [-0.25, -0.2) is 0 Å². The van der Waals surface area contributed by atoms with Gasteiger partial charge in [0.05, 0.1) is 0 Å². The van der Waals surface area contributed by atoms with E-state index in [9.17, 15) is 9.59 Å². The van der Waals surface area contributed by atoms with Crippen molar-refractivity contribution in [2.45, 2.75) is 32.7 Å². The maximum atomic E-state index is 11.2. The first-order valence-electron chi connectivity index (χ1n) is 4.64. The Balaban J connectivity index is 2.30. The first-order valence-corrected chi connectivity index (χ1v) is 4.64. The van der Waals surface area contributed by atoms with E-state index in [-0.39, 0.29) is 17.9 Å². The highest BCUT2D eigenvalue weighted by atomic mass is 16.2. The topological polar surface area (TPSA) is 49.4 Å². The molecule has 2 amide bonds. The van der Waals surface area contributed by atoms with E-state index in [0.717, 1.165) is 13.0 Å². The Hall–Kier alpha value is -1.06. The summed E-state index contributed by atoms with van der Waals surface area (Å²) in [4.78, 5) is 23.7. The Kier molecular flexibility index (Phi) is 3.28. The SMILES string of the molecule is CC(=O)NC(C)CN1CCCC1=O. The minimum absolute atomic E-state index is 0.0425. The molecule has 13 heavy (non-hydrogen) atoms. The summed E-state index contributed by atoms with van der Waals surface area (Å²) in [6.07, 6.45) is 1.61. The van der Waals surface area contributed by atoms with Crippen LogP contribution in [0.15, 0.2) is 0 Å². The first kappa shape index (κ1) is 10.0. The minimum atomic E-state index is -0.0425. The minimum Gasteiger partial charge on any atom is -0.352 e. The summed E-state index contributed by atoms with van der Waals surface area (Å²) in [7, 11) is 0. The van der Waals surface area contributed by atoms with Crippen LogP contribution in [0, 0.1) is 0 Å². The molecule has 0 aromatic heterocycles. The van der Waals surface area contributed by atoms with Crippen LogP contribution in [0.4, 0.5) is 0 Å². The lowest BCUT2D eigenvalue weighted by atomic mass is 10.3. The summed E-state index contributed by atoms with van der Waals surface area (Å²) < 4.78 is 0. The number of nitrogens with one attached hydrogen (secondary N) is 1. The molecule has 1 atom stereocenters. The zero-order chi connectivity index (χ0) is 9.84. The number of carbonyl (C=O) groups excluding carboxylic acids is 2. The first-order chi connectivity index (χ1) is 6.09. The van der Waals surface area contributed by atoms with Gasteiger partial charge >= 0.3 is 0 Å². The lowest BCUT2D eigenvalue weighted by molar-refractivity contribution is -0.128. The van der Waals surface area contributed by atoms with Crippen LogP contribution in [0.2, 0.25) is 0 Å². The molecule has 0 radical (unpaired) electrons. The molecule has 1 saturated heterocycles. The van der Waals surface area contributed by atoms with E-state index in [2.05, 4.69) is 5.32 Å². The molecule has 4 nitrogen and oxygen atoms in total. The van der Waals surface area contributed by atoms with E-state index < -0.39 is 0 Å². The highest BCUT2D eigenvalue weighted by molar-refractivity contribution is 5.78. The molecule has 1 aliphatic heterocycles. The van der Waals surface area contributed by atoms with E-state index in [1.54, 1.807) is 4.90 Å². The molecular formula is C9H16N2O2. The highest BCUT2D eigenvalue weighted by Gasteiger charge is 2.21. The lowest BCUT2D eigenvalue weighted by Gasteiger charge is -2.20. The van der Waals surface area contributed by atoms with Gasteiger partial charge in [0.25, 0.3) is 0 Å². The maximum Gasteiger partial charge on any atom is 0.222 e. The summed E-state index contributed by atoms with van der Waals surface area (Å²) in [5.74, 6) is 0.163. The van der Waals surface area contributed by atoms with Crippen LogP contribution in [0.3, 0.4) is 0 Å². The number of nitrogens with zero attached hydrogens (tertiary/aromatic N) is 1. The van der Waals surface area contributed by atoms with Gasteiger partial charge in [-0.15, -0.1) is 0 Å². The molecule has 0 aromatic carbocycles. The van der Waals surface area contributed by atoms with Gasteiger partial charge in [-0.2, -0.15) is 0 Å². The third-order valence-electron chi connectivity index (χ3n) is 2.12. The third kappa shape index (κ3) is 3.05. The molecule has 4 heteroatoms. The van der Waals surface area contributed by atoms with Crippen molar-refractivity contribution in [2.24, 2.45) is 0 Å². The summed E-state index contributed by atoms with van der Waals surface area (Å²) in [5, 5.41) is 2.76. The predicted octanol–water partition coefficient (Wildman–Crippen LogP) is 0.133. The van der Waals surface area contributed by atoms with Crippen molar-refractivity contribution in [3.05, 3.63) is 0 Å². The Morgan fingerprint density at radius 2 is 2.38 bits per heavy atom. The van der Waals surface area contributed by atoms with Crippen LogP contribution < -0.4 is 5.32 Å². The summed E-state index contributed by atoms with van der Waals surface area (Å²) in [6.45, 7) is 4.87. The zero-order valence-electron chi connectivity index (χ0n) is 8.17. The average Bonchev–Trinajstić information content (AvgIpc) is 2.34. The van der Waals surface area contributed by atoms with Gasteiger partial charge in [0, 0.05) is 32.5 Å². The number of likely N-dealkylation sites (tertiary alicyclic amines) is 1. The van der Waals surface area contributed by atoms with Crippen LogP contribution >= 0.6 is 0 Å². The van der Waals surface area contributed by atoms with Gasteiger partial charge < -0.3 is 10.2 Å². The molecule has 1 unspecified atom stereocenters. The fourth-order valence-electron chi connectivity index (χ4n) is 1.62. The molecule has 0 saturated carbocycles. The van der Waals surface area contributed by atoms with E-state index in [1.807, 2.05) is 6.92 Å². The second-order valence-corrected chi connectivity index (χ2v) is 3.54. The van der Waals surface area contributed by atoms with Crippen LogP contribution in [-0.2, 0) is 9.59 Å². The standard InChI is InChI=1S/C9H16N2O2/c1-7(10-8(2)12)6-11-5-3-4-9(11)13/h7H,3-6H2,1-2H3,(H,10,12). The van der Waals surface area contributed by atoms with Gasteiger partial charge in [0.1, 0.15) is 0 Å². The molecule has 1 fully saturated rings. The number of hydrogen-bond acceptors (Lipinski definition) is 2. The van der Waals surface area contributed by atoms with Gasteiger partial charge in [-0.3, -0.25) is 9.59 Å². The fourth-order valence-corrected chi connectivity index (χ4v) is 1.62. The van der Waals surface area contributed by atoms with Crippen LogP contribution in [-0.4, -0.2) is 35.8 Å². The number of amides is 2. The molecule has 0 bridgehead atoms. The maximum absolute atomic E-state index is 11.2. The monoisotopic (exact) mass is 184 g/mol. The van der Waals surface area contributed by atoms with E-state index >= 15 is 0 Å². The Morgan fingerprint density at radius 3 is 2.85 bits per heavy atom. The third-order valence-corrected chi connectivity index (χ3v) is 2.12. The van der Waals surface area contributed by atoms with Crippen molar-refractivity contribution in [1.82, 2.24) is 10.2 Å². The van der Waals surface area contributed by atoms with Crippen molar-refractivity contribution in [3.8, 4) is 0 Å². The van der Waals surface area contributed by atoms with E-state index in [0.29, 0.717) is 13.0 Å². The Bertz CT molecular complexity index is 216. The summed E-state index contributed by atoms with van der Waals surface area (Å²) >= 11 is 0. The van der Waals surface area contributed by atoms with Gasteiger partial charge in [0.15, 0.2) is 0 Å². The molecular weight excluding hydrogens is 168 g/mol. The molecule has 0 spiro atoms. The van der Waals surface area contributed by atoms with Crippen molar-refractivity contribution in [3.63, 3.8) is 0 Å². The second kappa shape index (κ2) is 4.25. The van der Waals surface area contributed by atoms with Crippen LogP contribution in [0.25, 0.3) is 0 Å². The van der Waals surface area contributed by atoms with Gasteiger partial charge in [0.2, 0.25) is 11.8 Å². The number of hydrogen-bond donors (Lipinski definition) is 1. The Morgan fingerprint density at radius 1 is 1.69 bits per heavy atom.